The molecule has 2 N–H and O–H groups in total. The van der Waals surface area contributed by atoms with Crippen molar-refractivity contribution in [1.29, 1.82) is 0 Å². The van der Waals surface area contributed by atoms with Gasteiger partial charge in [0.1, 0.15) is 18.0 Å². The molecule has 0 fully saturated rings. The van der Waals surface area contributed by atoms with E-state index in [1.54, 1.807) is 24.3 Å². The molecule has 0 atom stereocenters. The summed E-state index contributed by atoms with van der Waals surface area (Å²) in [7, 11) is 0. The van der Waals surface area contributed by atoms with Crippen molar-refractivity contribution in [1.82, 2.24) is 0 Å². The summed E-state index contributed by atoms with van der Waals surface area (Å²) in [5, 5.41) is 8.71. The number of benzene rings is 5. The Bertz CT molecular complexity index is 1890. The SMILES string of the molecule is CC[n+]1c(-c2ccccc2)c2cc(NC(=O)Oc3ccccc3)ccc2c2ccc(NC(=O)Oc3ccccc3)cc21. The first-order valence-corrected chi connectivity index (χ1v) is 13.7. The smallest absolute Gasteiger partial charge is 0.410 e. The number of nitrogens with zero attached hydrogens (tertiary/aromatic N) is 1. The number of amides is 2. The maximum atomic E-state index is 12.7. The van der Waals surface area contributed by atoms with Gasteiger partial charge >= 0.3 is 12.2 Å². The third-order valence-corrected chi connectivity index (χ3v) is 6.89. The number of carbonyl (C=O) groups is 2. The average Bonchev–Trinajstić information content (AvgIpc) is 3.01. The van der Waals surface area contributed by atoms with Crippen molar-refractivity contribution >= 4 is 45.2 Å². The molecule has 0 saturated heterocycles. The summed E-state index contributed by atoms with van der Waals surface area (Å²) in [6, 6.07) is 39.7. The lowest BCUT2D eigenvalue weighted by Gasteiger charge is -2.14. The van der Waals surface area contributed by atoms with E-state index in [1.165, 1.54) is 0 Å². The number of fused-ring (bicyclic) bond motifs is 3. The Morgan fingerprint density at radius 3 is 1.64 bits per heavy atom. The number of carbonyl (C=O) groups excluding carboxylic acids is 2. The highest BCUT2D eigenvalue weighted by Gasteiger charge is 2.23. The lowest BCUT2D eigenvalue weighted by atomic mass is 9.98. The van der Waals surface area contributed by atoms with E-state index in [-0.39, 0.29) is 0 Å². The topological polar surface area (TPSA) is 80.5 Å². The number of hydrogen-bond donors (Lipinski definition) is 2. The zero-order valence-corrected chi connectivity index (χ0v) is 22.9. The third kappa shape index (κ3) is 5.62. The zero-order valence-electron chi connectivity index (χ0n) is 22.9. The molecule has 2 amide bonds. The van der Waals surface area contributed by atoms with Crippen molar-refractivity contribution in [3.63, 3.8) is 0 Å². The maximum Gasteiger partial charge on any atom is 0.417 e. The van der Waals surface area contributed by atoms with Gasteiger partial charge in [0.2, 0.25) is 11.2 Å². The van der Waals surface area contributed by atoms with Crippen molar-refractivity contribution in [2.45, 2.75) is 13.5 Å². The number of rotatable bonds is 6. The highest BCUT2D eigenvalue weighted by Crippen LogP contribution is 2.34. The van der Waals surface area contributed by atoms with Crippen molar-refractivity contribution in [2.75, 3.05) is 10.6 Å². The number of ether oxygens (including phenoxy) is 2. The van der Waals surface area contributed by atoms with Crippen LogP contribution in [0.2, 0.25) is 0 Å². The largest absolute Gasteiger partial charge is 0.417 e. The fraction of sp³-hybridized carbons (Fsp3) is 0.0571. The molecule has 0 aliphatic heterocycles. The van der Waals surface area contributed by atoms with Crippen LogP contribution in [0, 0.1) is 0 Å². The number of aryl methyl sites for hydroxylation is 1. The van der Waals surface area contributed by atoms with E-state index < -0.39 is 12.2 Å². The number of hydrogen-bond acceptors (Lipinski definition) is 4. The molecule has 6 rings (SSSR count). The van der Waals surface area contributed by atoms with Crippen LogP contribution in [0.15, 0.2) is 127 Å². The Morgan fingerprint density at radius 2 is 1.10 bits per heavy atom. The number of aromatic nitrogens is 1. The van der Waals surface area contributed by atoms with Gasteiger partial charge in [-0.25, -0.2) is 9.59 Å². The monoisotopic (exact) mass is 554 g/mol. The number of nitrogens with one attached hydrogen (secondary N) is 2. The molecule has 6 aromatic rings. The average molecular weight is 555 g/mol. The van der Waals surface area contributed by atoms with E-state index in [0.717, 1.165) is 32.9 Å². The van der Waals surface area contributed by atoms with Gasteiger partial charge in [-0.1, -0.05) is 60.7 Å². The van der Waals surface area contributed by atoms with Gasteiger partial charge < -0.3 is 9.47 Å². The van der Waals surface area contributed by atoms with Gasteiger partial charge in [0, 0.05) is 22.7 Å². The molecule has 0 aliphatic carbocycles. The normalized spacial score (nSPS) is 10.8. The molecule has 0 radical (unpaired) electrons. The molecule has 1 heterocycles. The molecule has 7 nitrogen and oxygen atoms in total. The van der Waals surface area contributed by atoms with Crippen molar-refractivity contribution < 1.29 is 23.6 Å². The molecule has 0 bridgehead atoms. The number of para-hydroxylation sites is 2. The quantitative estimate of drug-likeness (QED) is 0.161. The highest BCUT2D eigenvalue weighted by molar-refractivity contribution is 6.11. The lowest BCUT2D eigenvalue weighted by Crippen LogP contribution is -2.36. The van der Waals surface area contributed by atoms with Crippen molar-refractivity contribution in [2.24, 2.45) is 0 Å². The molecule has 5 aromatic carbocycles. The van der Waals surface area contributed by atoms with Crippen LogP contribution < -0.4 is 24.7 Å². The fourth-order valence-electron chi connectivity index (χ4n) is 5.09. The van der Waals surface area contributed by atoms with Gasteiger partial charge in [-0.3, -0.25) is 10.6 Å². The molecular formula is C35H28N3O4+. The van der Waals surface area contributed by atoms with E-state index in [4.69, 9.17) is 9.47 Å². The molecular weight excluding hydrogens is 526 g/mol. The first-order chi connectivity index (χ1) is 20.6. The zero-order chi connectivity index (χ0) is 28.9. The summed E-state index contributed by atoms with van der Waals surface area (Å²) in [6.45, 7) is 2.75. The van der Waals surface area contributed by atoms with Crippen molar-refractivity contribution in [3.8, 4) is 22.8 Å². The molecule has 0 spiro atoms. The second kappa shape index (κ2) is 11.8. The van der Waals surface area contributed by atoms with Gasteiger partial charge in [-0.15, -0.1) is 0 Å². The van der Waals surface area contributed by atoms with E-state index in [2.05, 4.69) is 34.3 Å². The van der Waals surface area contributed by atoms with E-state index in [9.17, 15) is 9.59 Å². The minimum atomic E-state index is -0.566. The summed E-state index contributed by atoms with van der Waals surface area (Å²) < 4.78 is 13.1. The van der Waals surface area contributed by atoms with Crippen LogP contribution >= 0.6 is 0 Å². The summed E-state index contributed by atoms with van der Waals surface area (Å²) in [6.07, 6.45) is -1.13. The van der Waals surface area contributed by atoms with Crippen LogP contribution in [-0.2, 0) is 6.54 Å². The Kier molecular flexibility index (Phi) is 7.46. The standard InChI is InChI=1S/C35H27N3O4/c1-2-38-32-23-26(37-35(40)42-28-16-10-5-11-17-28)19-21-30(32)29-20-18-25(36-34(39)41-27-14-8-4-9-15-27)22-31(29)33(38)24-12-6-3-7-13-24/h3-23H,2H2,1H3,(H,36,39)/p+1. The van der Waals surface area contributed by atoms with Crippen LogP contribution in [0.3, 0.4) is 0 Å². The van der Waals surface area contributed by atoms with Crippen LogP contribution in [0.5, 0.6) is 11.5 Å². The Labute approximate surface area is 243 Å². The molecule has 0 unspecified atom stereocenters. The Balaban J connectivity index is 1.42. The first kappa shape index (κ1) is 26.5. The van der Waals surface area contributed by atoms with Gasteiger partial charge in [-0.2, -0.15) is 4.57 Å². The second-order valence-electron chi connectivity index (χ2n) is 9.61. The van der Waals surface area contributed by atoms with Crippen LogP contribution in [0.4, 0.5) is 21.0 Å². The van der Waals surface area contributed by atoms with E-state index in [1.807, 2.05) is 91.0 Å². The third-order valence-electron chi connectivity index (χ3n) is 6.89. The second-order valence-corrected chi connectivity index (χ2v) is 9.61. The summed E-state index contributed by atoms with van der Waals surface area (Å²) >= 11 is 0. The van der Waals surface area contributed by atoms with Gasteiger partial charge in [-0.05, 0) is 67.6 Å². The minimum Gasteiger partial charge on any atom is -0.410 e. The molecule has 0 aliphatic rings. The maximum absolute atomic E-state index is 12.7. The lowest BCUT2D eigenvalue weighted by molar-refractivity contribution is -0.655. The van der Waals surface area contributed by atoms with Crippen LogP contribution in [0.25, 0.3) is 32.9 Å². The van der Waals surface area contributed by atoms with Gasteiger partial charge in [0.25, 0.3) is 0 Å². The summed E-state index contributed by atoms with van der Waals surface area (Å²) in [5.41, 5.74) is 4.20. The van der Waals surface area contributed by atoms with E-state index in [0.29, 0.717) is 29.4 Å². The molecule has 206 valence electrons. The van der Waals surface area contributed by atoms with Crippen LogP contribution in [-0.4, -0.2) is 12.2 Å². The minimum absolute atomic E-state index is 0.465. The van der Waals surface area contributed by atoms with Gasteiger partial charge in [0.15, 0.2) is 0 Å². The molecule has 7 heteroatoms. The van der Waals surface area contributed by atoms with Crippen LogP contribution in [0.1, 0.15) is 6.92 Å². The fourth-order valence-corrected chi connectivity index (χ4v) is 5.09. The Hall–Kier alpha value is -5.69. The predicted octanol–water partition coefficient (Wildman–Crippen LogP) is 8.19. The molecule has 0 saturated carbocycles. The number of anilines is 2. The van der Waals surface area contributed by atoms with E-state index >= 15 is 0 Å². The van der Waals surface area contributed by atoms with Gasteiger partial charge in [0.05, 0.1) is 16.5 Å². The first-order valence-electron chi connectivity index (χ1n) is 13.7. The Morgan fingerprint density at radius 1 is 0.595 bits per heavy atom. The highest BCUT2D eigenvalue weighted by atomic mass is 16.6. The molecule has 42 heavy (non-hydrogen) atoms. The van der Waals surface area contributed by atoms with Crippen molar-refractivity contribution in [3.05, 3.63) is 127 Å². The summed E-state index contributed by atoms with van der Waals surface area (Å²) in [4.78, 5) is 25.3. The molecule has 1 aromatic heterocycles. The predicted molar refractivity (Wildman–Crippen MR) is 165 cm³/mol. The number of pyridine rings is 1. The summed E-state index contributed by atoms with van der Waals surface area (Å²) in [5.74, 6) is 0.932.